The highest BCUT2D eigenvalue weighted by molar-refractivity contribution is 4.78. The first-order valence-electron chi connectivity index (χ1n) is 7.83. The predicted octanol–water partition coefficient (Wildman–Crippen LogP) is 3.42. The summed E-state index contributed by atoms with van der Waals surface area (Å²) in [5.74, 6) is 0. The quantitative estimate of drug-likeness (QED) is 0.621. The third-order valence-electron chi connectivity index (χ3n) is 3.85. The zero-order valence-corrected chi connectivity index (χ0v) is 12.0. The summed E-state index contributed by atoms with van der Waals surface area (Å²) in [4.78, 5) is 2.73. The van der Waals surface area contributed by atoms with Gasteiger partial charge < -0.3 is 5.32 Å². The Kier molecular flexibility index (Phi) is 8.72. The van der Waals surface area contributed by atoms with E-state index in [2.05, 4.69) is 24.1 Å². The number of piperidine rings is 1. The molecule has 0 aliphatic carbocycles. The van der Waals surface area contributed by atoms with E-state index in [0.717, 1.165) is 6.04 Å². The van der Waals surface area contributed by atoms with Crippen molar-refractivity contribution in [1.29, 1.82) is 0 Å². The van der Waals surface area contributed by atoms with Crippen LogP contribution in [0.1, 0.15) is 65.2 Å². The average Bonchev–Trinajstić information content (AvgIpc) is 2.38. The molecule has 1 N–H and O–H groups in total. The van der Waals surface area contributed by atoms with Crippen molar-refractivity contribution in [1.82, 2.24) is 10.2 Å². The van der Waals surface area contributed by atoms with Gasteiger partial charge in [-0.25, -0.2) is 0 Å². The molecule has 1 unspecified atom stereocenters. The Balaban J connectivity index is 2.17. The highest BCUT2D eigenvalue weighted by Gasteiger charge is 2.19. The van der Waals surface area contributed by atoms with Crippen LogP contribution in [0.15, 0.2) is 0 Å². The summed E-state index contributed by atoms with van der Waals surface area (Å²) >= 11 is 0. The summed E-state index contributed by atoms with van der Waals surface area (Å²) in [6.45, 7) is 9.66. The Morgan fingerprint density at radius 3 is 2.47 bits per heavy atom. The summed E-state index contributed by atoms with van der Waals surface area (Å²) in [5, 5.41) is 3.54. The lowest BCUT2D eigenvalue weighted by Crippen LogP contribution is -2.46. The molecule has 0 saturated carbocycles. The average molecular weight is 240 g/mol. The van der Waals surface area contributed by atoms with Gasteiger partial charge in [0, 0.05) is 12.6 Å². The van der Waals surface area contributed by atoms with E-state index in [0.29, 0.717) is 0 Å². The molecule has 17 heavy (non-hydrogen) atoms. The monoisotopic (exact) mass is 240 g/mol. The fourth-order valence-corrected chi connectivity index (χ4v) is 2.83. The van der Waals surface area contributed by atoms with E-state index in [-0.39, 0.29) is 0 Å². The topological polar surface area (TPSA) is 15.3 Å². The molecule has 1 aliphatic heterocycles. The second-order valence-electron chi connectivity index (χ2n) is 5.45. The van der Waals surface area contributed by atoms with E-state index in [4.69, 9.17) is 0 Å². The molecule has 2 nitrogen and oxygen atoms in total. The van der Waals surface area contributed by atoms with Crippen molar-refractivity contribution in [3.05, 3.63) is 0 Å². The Labute approximate surface area is 108 Å². The lowest BCUT2D eigenvalue weighted by molar-refractivity contribution is 0.162. The Morgan fingerprint density at radius 1 is 1.00 bits per heavy atom. The van der Waals surface area contributed by atoms with Crippen molar-refractivity contribution in [3.63, 3.8) is 0 Å². The second-order valence-corrected chi connectivity index (χ2v) is 5.45. The van der Waals surface area contributed by atoms with E-state index in [1.807, 2.05) is 0 Å². The van der Waals surface area contributed by atoms with Gasteiger partial charge >= 0.3 is 0 Å². The largest absolute Gasteiger partial charge is 0.315 e. The third kappa shape index (κ3) is 6.42. The number of nitrogens with zero attached hydrogens (tertiary/aromatic N) is 1. The maximum Gasteiger partial charge on any atom is 0.0221 e. The SMILES string of the molecule is CCCCCCCN(CCC)C1CCCNC1. The van der Waals surface area contributed by atoms with Gasteiger partial charge in [-0.2, -0.15) is 0 Å². The lowest BCUT2D eigenvalue weighted by atomic mass is 10.0. The van der Waals surface area contributed by atoms with Gasteiger partial charge in [0.1, 0.15) is 0 Å². The van der Waals surface area contributed by atoms with Crippen molar-refractivity contribution in [3.8, 4) is 0 Å². The van der Waals surface area contributed by atoms with E-state index in [9.17, 15) is 0 Å². The third-order valence-corrected chi connectivity index (χ3v) is 3.85. The summed E-state index contributed by atoms with van der Waals surface area (Å²) in [6, 6.07) is 0.815. The molecule has 0 aromatic carbocycles. The van der Waals surface area contributed by atoms with E-state index < -0.39 is 0 Å². The number of hydrogen-bond donors (Lipinski definition) is 1. The molecular weight excluding hydrogens is 208 g/mol. The van der Waals surface area contributed by atoms with Crippen molar-refractivity contribution in [2.24, 2.45) is 0 Å². The minimum atomic E-state index is 0.815. The molecule has 1 saturated heterocycles. The van der Waals surface area contributed by atoms with Crippen molar-refractivity contribution >= 4 is 0 Å². The summed E-state index contributed by atoms with van der Waals surface area (Å²) in [7, 11) is 0. The summed E-state index contributed by atoms with van der Waals surface area (Å²) in [6.07, 6.45) is 11.1. The predicted molar refractivity (Wildman–Crippen MR) is 76.5 cm³/mol. The van der Waals surface area contributed by atoms with Crippen LogP contribution in [0.25, 0.3) is 0 Å². The van der Waals surface area contributed by atoms with Gasteiger partial charge in [0.2, 0.25) is 0 Å². The van der Waals surface area contributed by atoms with Gasteiger partial charge in [-0.3, -0.25) is 4.90 Å². The first kappa shape index (κ1) is 15.0. The standard InChI is InChI=1S/C15H32N2/c1-3-5-6-7-8-13-17(12-4-2)15-10-9-11-16-14-15/h15-16H,3-14H2,1-2H3. The molecule has 1 heterocycles. The smallest absolute Gasteiger partial charge is 0.0221 e. The molecule has 0 amide bonds. The van der Waals surface area contributed by atoms with Crippen molar-refractivity contribution < 1.29 is 0 Å². The second kappa shape index (κ2) is 9.90. The van der Waals surface area contributed by atoms with Gasteiger partial charge in [-0.1, -0.05) is 39.5 Å². The molecule has 0 aromatic heterocycles. The van der Waals surface area contributed by atoms with Crippen LogP contribution in [0.2, 0.25) is 0 Å². The summed E-state index contributed by atoms with van der Waals surface area (Å²) in [5.41, 5.74) is 0. The van der Waals surface area contributed by atoms with Crippen molar-refractivity contribution in [2.75, 3.05) is 26.2 Å². The molecule has 1 aliphatic rings. The number of rotatable bonds is 9. The van der Waals surface area contributed by atoms with Gasteiger partial charge in [0.05, 0.1) is 0 Å². The van der Waals surface area contributed by atoms with Crippen LogP contribution in [0, 0.1) is 0 Å². The van der Waals surface area contributed by atoms with Crippen LogP contribution in [0.4, 0.5) is 0 Å². The first-order valence-corrected chi connectivity index (χ1v) is 7.83. The van der Waals surface area contributed by atoms with Gasteiger partial charge in [0.15, 0.2) is 0 Å². The molecule has 1 fully saturated rings. The zero-order valence-electron chi connectivity index (χ0n) is 12.0. The van der Waals surface area contributed by atoms with Crippen LogP contribution in [-0.4, -0.2) is 37.1 Å². The number of nitrogens with one attached hydrogen (secondary N) is 1. The molecule has 1 rings (SSSR count). The molecule has 0 radical (unpaired) electrons. The zero-order chi connectivity index (χ0) is 12.3. The lowest BCUT2D eigenvalue weighted by Gasteiger charge is -2.34. The molecular formula is C15H32N2. The molecule has 102 valence electrons. The van der Waals surface area contributed by atoms with Gasteiger partial charge in [-0.05, 0) is 45.3 Å². The van der Waals surface area contributed by atoms with Crippen molar-refractivity contribution in [2.45, 2.75) is 71.3 Å². The van der Waals surface area contributed by atoms with Crippen LogP contribution >= 0.6 is 0 Å². The van der Waals surface area contributed by atoms with Gasteiger partial charge in [0.25, 0.3) is 0 Å². The van der Waals surface area contributed by atoms with E-state index in [1.54, 1.807) is 0 Å². The van der Waals surface area contributed by atoms with Gasteiger partial charge in [-0.15, -0.1) is 0 Å². The molecule has 1 atom stereocenters. The van der Waals surface area contributed by atoms with Crippen LogP contribution in [0.5, 0.6) is 0 Å². The first-order chi connectivity index (χ1) is 8.38. The van der Waals surface area contributed by atoms with E-state index >= 15 is 0 Å². The molecule has 0 aromatic rings. The highest BCUT2D eigenvalue weighted by atomic mass is 15.2. The Morgan fingerprint density at radius 2 is 1.82 bits per heavy atom. The maximum atomic E-state index is 3.54. The highest BCUT2D eigenvalue weighted by Crippen LogP contribution is 2.13. The fraction of sp³-hybridized carbons (Fsp3) is 1.00. The summed E-state index contributed by atoms with van der Waals surface area (Å²) < 4.78 is 0. The van der Waals surface area contributed by atoms with Crippen LogP contribution in [0.3, 0.4) is 0 Å². The van der Waals surface area contributed by atoms with E-state index in [1.165, 1.54) is 77.5 Å². The molecule has 0 spiro atoms. The minimum absolute atomic E-state index is 0.815. The number of hydrogen-bond acceptors (Lipinski definition) is 2. The maximum absolute atomic E-state index is 3.54. The number of unbranched alkanes of at least 4 members (excludes halogenated alkanes) is 4. The Hall–Kier alpha value is -0.0800. The van der Waals surface area contributed by atoms with Crippen LogP contribution < -0.4 is 5.32 Å². The Bertz CT molecular complexity index is 164. The fourth-order valence-electron chi connectivity index (χ4n) is 2.83. The molecule has 0 bridgehead atoms. The normalized spacial score (nSPS) is 21.0. The molecule has 2 heteroatoms. The minimum Gasteiger partial charge on any atom is -0.315 e. The van der Waals surface area contributed by atoms with Crippen LogP contribution in [-0.2, 0) is 0 Å².